The topological polar surface area (TPSA) is 94.1 Å². The molecule has 0 unspecified atom stereocenters. The molecule has 1 aromatic carbocycles. The summed E-state index contributed by atoms with van der Waals surface area (Å²) in [7, 11) is 0. The van der Waals surface area contributed by atoms with Crippen LogP contribution in [-0.2, 0) is 13.1 Å². The van der Waals surface area contributed by atoms with E-state index in [1.807, 2.05) is 0 Å². The Bertz CT molecular complexity index is 456. The summed E-state index contributed by atoms with van der Waals surface area (Å²) in [6.07, 6.45) is 1.45. The first-order valence-corrected chi connectivity index (χ1v) is 4.81. The van der Waals surface area contributed by atoms with Gasteiger partial charge in [-0.1, -0.05) is 6.07 Å². The third-order valence-electron chi connectivity index (χ3n) is 2.13. The average molecular weight is 220 g/mol. The molecule has 6 heteroatoms. The number of nitrogens with zero attached hydrogens (tertiary/aromatic N) is 2. The van der Waals surface area contributed by atoms with Crippen molar-refractivity contribution < 1.29 is 10.2 Å². The van der Waals surface area contributed by atoms with Crippen LogP contribution < -0.4 is 5.32 Å². The van der Waals surface area contributed by atoms with Gasteiger partial charge in [0, 0.05) is 6.54 Å². The zero-order valence-electron chi connectivity index (χ0n) is 8.51. The zero-order valence-corrected chi connectivity index (χ0v) is 8.51. The van der Waals surface area contributed by atoms with Crippen molar-refractivity contribution >= 4 is 0 Å². The third-order valence-corrected chi connectivity index (χ3v) is 2.13. The van der Waals surface area contributed by atoms with Gasteiger partial charge in [0.25, 0.3) is 0 Å². The Balaban J connectivity index is 1.87. The van der Waals surface area contributed by atoms with E-state index >= 15 is 0 Å². The Morgan fingerprint density at radius 1 is 1.19 bits per heavy atom. The molecule has 0 amide bonds. The van der Waals surface area contributed by atoms with Gasteiger partial charge in [-0.15, -0.1) is 0 Å². The fourth-order valence-corrected chi connectivity index (χ4v) is 1.32. The number of nitrogens with one attached hydrogen (secondary N) is 2. The summed E-state index contributed by atoms with van der Waals surface area (Å²) in [5.41, 5.74) is 0.884. The Kier molecular flexibility index (Phi) is 3.02. The molecule has 84 valence electrons. The molecule has 4 N–H and O–H groups in total. The molecule has 0 aliphatic rings. The minimum Gasteiger partial charge on any atom is -0.504 e. The molecule has 0 saturated carbocycles. The molecule has 0 bridgehead atoms. The number of aromatic nitrogens is 3. The Morgan fingerprint density at radius 3 is 2.75 bits per heavy atom. The van der Waals surface area contributed by atoms with Gasteiger partial charge in [0.1, 0.15) is 12.2 Å². The molecular weight excluding hydrogens is 208 g/mol. The lowest BCUT2D eigenvalue weighted by Crippen LogP contribution is -2.13. The second kappa shape index (κ2) is 4.63. The van der Waals surface area contributed by atoms with E-state index in [0.29, 0.717) is 13.1 Å². The summed E-state index contributed by atoms with van der Waals surface area (Å²) < 4.78 is 0. The van der Waals surface area contributed by atoms with E-state index in [1.165, 1.54) is 18.5 Å². The SMILES string of the molecule is Oc1ccc(CNCc2ncn[nH]2)cc1O. The number of phenolic OH excluding ortho intramolecular Hbond substituents is 2. The van der Waals surface area contributed by atoms with E-state index in [4.69, 9.17) is 5.11 Å². The van der Waals surface area contributed by atoms with Crippen LogP contribution in [0.25, 0.3) is 0 Å². The van der Waals surface area contributed by atoms with Gasteiger partial charge in [0.2, 0.25) is 0 Å². The van der Waals surface area contributed by atoms with E-state index < -0.39 is 0 Å². The molecule has 1 heterocycles. The first-order valence-electron chi connectivity index (χ1n) is 4.81. The largest absolute Gasteiger partial charge is 0.504 e. The lowest BCUT2D eigenvalue weighted by molar-refractivity contribution is 0.403. The maximum atomic E-state index is 9.28. The number of rotatable bonds is 4. The summed E-state index contributed by atoms with van der Waals surface area (Å²) in [6.45, 7) is 1.15. The molecule has 2 aromatic rings. The van der Waals surface area contributed by atoms with Crippen LogP contribution in [0.4, 0.5) is 0 Å². The first kappa shape index (κ1) is 10.4. The van der Waals surface area contributed by atoms with E-state index in [9.17, 15) is 5.11 Å². The second-order valence-corrected chi connectivity index (χ2v) is 3.36. The minimum absolute atomic E-state index is 0.112. The van der Waals surface area contributed by atoms with E-state index in [0.717, 1.165) is 11.4 Å². The molecule has 1 aromatic heterocycles. The molecule has 16 heavy (non-hydrogen) atoms. The maximum absolute atomic E-state index is 9.28. The number of H-pyrrole nitrogens is 1. The monoisotopic (exact) mass is 220 g/mol. The Morgan fingerprint density at radius 2 is 2.06 bits per heavy atom. The van der Waals surface area contributed by atoms with Gasteiger partial charge in [-0.25, -0.2) is 4.98 Å². The molecule has 0 aliphatic heterocycles. The van der Waals surface area contributed by atoms with Crippen LogP contribution in [0.15, 0.2) is 24.5 Å². The Labute approximate surface area is 92.0 Å². The minimum atomic E-state index is -0.112. The summed E-state index contributed by atoms with van der Waals surface area (Å²) in [5, 5.41) is 28.0. The Hall–Kier alpha value is -2.08. The summed E-state index contributed by atoms with van der Waals surface area (Å²) in [5.74, 6) is 0.529. The highest BCUT2D eigenvalue weighted by molar-refractivity contribution is 5.40. The number of phenols is 2. The highest BCUT2D eigenvalue weighted by atomic mass is 16.3. The van der Waals surface area contributed by atoms with Gasteiger partial charge < -0.3 is 15.5 Å². The van der Waals surface area contributed by atoms with Crippen molar-refractivity contribution in [3.8, 4) is 11.5 Å². The van der Waals surface area contributed by atoms with Gasteiger partial charge in [-0.05, 0) is 17.7 Å². The smallest absolute Gasteiger partial charge is 0.157 e. The zero-order chi connectivity index (χ0) is 11.4. The van der Waals surface area contributed by atoms with E-state index in [1.54, 1.807) is 6.07 Å². The van der Waals surface area contributed by atoms with Crippen molar-refractivity contribution in [2.24, 2.45) is 0 Å². The summed E-state index contributed by atoms with van der Waals surface area (Å²) >= 11 is 0. The van der Waals surface area contributed by atoms with E-state index in [-0.39, 0.29) is 11.5 Å². The molecule has 0 saturated heterocycles. The standard InChI is InChI=1S/C10H12N4O2/c15-8-2-1-7(3-9(8)16)4-11-5-10-12-6-13-14-10/h1-3,6,11,15-16H,4-5H2,(H,12,13,14). The van der Waals surface area contributed by atoms with Gasteiger partial charge in [-0.2, -0.15) is 5.10 Å². The molecule has 6 nitrogen and oxygen atoms in total. The molecule has 0 radical (unpaired) electrons. The maximum Gasteiger partial charge on any atom is 0.157 e. The van der Waals surface area contributed by atoms with Gasteiger partial charge >= 0.3 is 0 Å². The number of hydrogen-bond donors (Lipinski definition) is 4. The van der Waals surface area contributed by atoms with Gasteiger partial charge in [0.15, 0.2) is 11.5 Å². The summed E-state index contributed by atoms with van der Waals surface area (Å²) in [6, 6.07) is 4.71. The van der Waals surface area contributed by atoms with Crippen LogP contribution in [0.3, 0.4) is 0 Å². The van der Waals surface area contributed by atoms with Crippen LogP contribution in [0, 0.1) is 0 Å². The fraction of sp³-hybridized carbons (Fsp3) is 0.200. The van der Waals surface area contributed by atoms with Crippen molar-refractivity contribution in [3.05, 3.63) is 35.9 Å². The van der Waals surface area contributed by atoms with Crippen molar-refractivity contribution in [3.63, 3.8) is 0 Å². The number of aromatic amines is 1. The summed E-state index contributed by atoms with van der Waals surface area (Å²) in [4.78, 5) is 3.96. The average Bonchev–Trinajstić information content (AvgIpc) is 2.76. The highest BCUT2D eigenvalue weighted by Gasteiger charge is 2.00. The van der Waals surface area contributed by atoms with Crippen LogP contribution in [0.1, 0.15) is 11.4 Å². The number of hydrogen-bond acceptors (Lipinski definition) is 5. The number of aromatic hydroxyl groups is 2. The highest BCUT2D eigenvalue weighted by Crippen LogP contribution is 2.24. The van der Waals surface area contributed by atoms with Crippen LogP contribution >= 0.6 is 0 Å². The number of benzene rings is 1. The van der Waals surface area contributed by atoms with E-state index in [2.05, 4.69) is 20.5 Å². The normalized spacial score (nSPS) is 10.5. The molecule has 0 fully saturated rings. The van der Waals surface area contributed by atoms with Gasteiger partial charge in [0.05, 0.1) is 6.54 Å². The molecule has 2 rings (SSSR count). The van der Waals surface area contributed by atoms with Crippen molar-refractivity contribution in [1.82, 2.24) is 20.5 Å². The fourth-order valence-electron chi connectivity index (χ4n) is 1.32. The molecule has 0 atom stereocenters. The van der Waals surface area contributed by atoms with Crippen LogP contribution in [0.5, 0.6) is 11.5 Å². The predicted octanol–water partition coefficient (Wildman–Crippen LogP) is 0.506. The van der Waals surface area contributed by atoms with Crippen molar-refractivity contribution in [2.45, 2.75) is 13.1 Å². The first-order chi connectivity index (χ1) is 7.75. The molecular formula is C10H12N4O2. The van der Waals surface area contributed by atoms with Crippen LogP contribution in [-0.4, -0.2) is 25.4 Å². The lowest BCUT2D eigenvalue weighted by Gasteiger charge is -2.04. The quantitative estimate of drug-likeness (QED) is 0.563. The van der Waals surface area contributed by atoms with Gasteiger partial charge in [-0.3, -0.25) is 5.10 Å². The van der Waals surface area contributed by atoms with Crippen molar-refractivity contribution in [2.75, 3.05) is 0 Å². The van der Waals surface area contributed by atoms with Crippen LogP contribution in [0.2, 0.25) is 0 Å². The second-order valence-electron chi connectivity index (χ2n) is 3.36. The lowest BCUT2D eigenvalue weighted by atomic mass is 10.2. The molecule has 0 aliphatic carbocycles. The third kappa shape index (κ3) is 2.48. The predicted molar refractivity (Wildman–Crippen MR) is 56.7 cm³/mol. The molecule has 0 spiro atoms. The van der Waals surface area contributed by atoms with Crippen molar-refractivity contribution in [1.29, 1.82) is 0 Å².